The third-order valence-corrected chi connectivity index (χ3v) is 4.36. The van der Waals surface area contributed by atoms with E-state index < -0.39 is 6.04 Å². The summed E-state index contributed by atoms with van der Waals surface area (Å²) in [6.07, 6.45) is 4.19. The Kier molecular flexibility index (Phi) is 4.42. The fourth-order valence-electron chi connectivity index (χ4n) is 3.10. The molecule has 7 heteroatoms. The number of carbonyl (C=O) groups excluding carboxylic acids is 1. The number of amides is 1. The van der Waals surface area contributed by atoms with E-state index in [4.69, 9.17) is 0 Å². The molecule has 0 fully saturated rings. The zero-order chi connectivity index (χ0) is 17.8. The van der Waals surface area contributed by atoms with Crippen LogP contribution in [0.2, 0.25) is 0 Å². The second-order valence-electron chi connectivity index (χ2n) is 6.00. The van der Waals surface area contributed by atoms with Crippen LogP contribution in [0.3, 0.4) is 0 Å². The number of carbonyl (C=O) groups is 1. The molecular weight excluding hydrogens is 328 g/mol. The third-order valence-electron chi connectivity index (χ3n) is 4.36. The van der Waals surface area contributed by atoms with Gasteiger partial charge in [0.25, 0.3) is 0 Å². The molecule has 0 aliphatic rings. The maximum Gasteiger partial charge on any atom is 0.249 e. The van der Waals surface area contributed by atoms with E-state index >= 15 is 0 Å². The molecule has 0 aliphatic carbocycles. The molecule has 2 heterocycles. The molecule has 1 amide bonds. The number of nitrogens with zero attached hydrogens (tertiary/aromatic N) is 4. The Morgan fingerprint density at radius 3 is 2.73 bits per heavy atom. The number of rotatable bonds is 6. The van der Waals surface area contributed by atoms with Crippen LogP contribution in [0.15, 0.2) is 67.1 Å². The molecule has 7 nitrogen and oxygen atoms in total. The van der Waals surface area contributed by atoms with E-state index in [0.717, 1.165) is 17.5 Å². The van der Waals surface area contributed by atoms with Crippen LogP contribution < -0.4 is 5.32 Å². The quantitative estimate of drug-likeness (QED) is 0.560. The van der Waals surface area contributed by atoms with Gasteiger partial charge in [0.1, 0.15) is 6.33 Å². The number of hydrogen-bond donors (Lipinski definition) is 2. The largest absolute Gasteiger partial charge is 0.361 e. The van der Waals surface area contributed by atoms with E-state index in [1.165, 1.54) is 22.0 Å². The lowest BCUT2D eigenvalue weighted by molar-refractivity contribution is -0.123. The molecule has 0 saturated heterocycles. The Balaban J connectivity index is 1.47. The molecular formula is C19H18N6O. The highest BCUT2D eigenvalue weighted by molar-refractivity contribution is 5.84. The molecule has 26 heavy (non-hydrogen) atoms. The van der Waals surface area contributed by atoms with Gasteiger partial charge in [0, 0.05) is 23.6 Å². The molecule has 1 unspecified atom stereocenters. The number of aromatic nitrogens is 5. The zero-order valence-electron chi connectivity index (χ0n) is 14.0. The molecule has 0 bridgehead atoms. The lowest BCUT2D eigenvalue weighted by Crippen LogP contribution is -2.34. The van der Waals surface area contributed by atoms with Gasteiger partial charge >= 0.3 is 0 Å². The first kappa shape index (κ1) is 16.0. The minimum Gasteiger partial charge on any atom is -0.361 e. The number of para-hydroxylation sites is 1. The summed E-state index contributed by atoms with van der Waals surface area (Å²) in [5.74, 6) is -0.136. The first-order chi connectivity index (χ1) is 12.8. The van der Waals surface area contributed by atoms with E-state index in [1.54, 1.807) is 0 Å². The number of hydrogen-bond acceptors (Lipinski definition) is 4. The predicted octanol–water partition coefficient (Wildman–Crippen LogP) is 2.10. The van der Waals surface area contributed by atoms with Gasteiger partial charge in [-0.1, -0.05) is 48.5 Å². The van der Waals surface area contributed by atoms with E-state index in [1.807, 2.05) is 54.7 Å². The fraction of sp³-hybridized carbons (Fsp3) is 0.158. The fourth-order valence-corrected chi connectivity index (χ4v) is 3.10. The standard InChI is InChI=1S/C19H18N6O/c26-19(18(25-13-22-23-24-25)14-6-2-1-3-7-14)20-11-10-15-12-21-17-9-5-4-8-16(15)17/h1-9,12-13,18,21H,10-11H2,(H,20,26). The Hall–Kier alpha value is -3.48. The summed E-state index contributed by atoms with van der Waals surface area (Å²) in [6.45, 7) is 0.534. The minimum absolute atomic E-state index is 0.136. The van der Waals surface area contributed by atoms with Crippen LogP contribution in [0, 0.1) is 0 Å². The summed E-state index contributed by atoms with van der Waals surface area (Å²) in [5.41, 5.74) is 3.12. The monoisotopic (exact) mass is 346 g/mol. The summed E-state index contributed by atoms with van der Waals surface area (Å²) in [6, 6.07) is 17.0. The van der Waals surface area contributed by atoms with Crippen molar-refractivity contribution in [1.29, 1.82) is 0 Å². The summed E-state index contributed by atoms with van der Waals surface area (Å²) in [4.78, 5) is 16.1. The molecule has 2 aromatic carbocycles. The van der Waals surface area contributed by atoms with Gasteiger partial charge in [-0.3, -0.25) is 4.79 Å². The maximum absolute atomic E-state index is 12.8. The third kappa shape index (κ3) is 3.19. The smallest absolute Gasteiger partial charge is 0.249 e. The Morgan fingerprint density at radius 1 is 1.12 bits per heavy atom. The van der Waals surface area contributed by atoms with Crippen molar-refractivity contribution in [3.8, 4) is 0 Å². The van der Waals surface area contributed by atoms with Crippen LogP contribution in [0.1, 0.15) is 17.2 Å². The minimum atomic E-state index is -0.589. The lowest BCUT2D eigenvalue weighted by Gasteiger charge is -2.16. The highest BCUT2D eigenvalue weighted by atomic mass is 16.2. The Morgan fingerprint density at radius 2 is 1.92 bits per heavy atom. The Labute approximate surface area is 150 Å². The SMILES string of the molecule is O=C(NCCc1c[nH]c2ccccc12)C(c1ccccc1)n1cnnn1. The van der Waals surface area contributed by atoms with Gasteiger partial charge in [0.2, 0.25) is 5.91 Å². The van der Waals surface area contributed by atoms with Gasteiger partial charge in [-0.05, 0) is 34.0 Å². The number of fused-ring (bicyclic) bond motifs is 1. The highest BCUT2D eigenvalue weighted by Crippen LogP contribution is 2.19. The van der Waals surface area contributed by atoms with Crippen LogP contribution in [0.25, 0.3) is 10.9 Å². The normalized spacial score (nSPS) is 12.2. The second kappa shape index (κ2) is 7.18. The van der Waals surface area contributed by atoms with Crippen molar-refractivity contribution in [2.75, 3.05) is 6.54 Å². The van der Waals surface area contributed by atoms with Crippen molar-refractivity contribution in [1.82, 2.24) is 30.5 Å². The average molecular weight is 346 g/mol. The molecule has 0 radical (unpaired) electrons. The van der Waals surface area contributed by atoms with Gasteiger partial charge < -0.3 is 10.3 Å². The van der Waals surface area contributed by atoms with Crippen molar-refractivity contribution in [2.24, 2.45) is 0 Å². The van der Waals surface area contributed by atoms with Crippen LogP contribution in [0.4, 0.5) is 0 Å². The van der Waals surface area contributed by atoms with Crippen LogP contribution in [0.5, 0.6) is 0 Å². The molecule has 1 atom stereocenters. The van der Waals surface area contributed by atoms with Crippen molar-refractivity contribution in [3.63, 3.8) is 0 Å². The number of aromatic amines is 1. The van der Waals surface area contributed by atoms with E-state index in [9.17, 15) is 4.79 Å². The summed E-state index contributed by atoms with van der Waals surface area (Å²) in [5, 5.41) is 15.4. The summed E-state index contributed by atoms with van der Waals surface area (Å²) >= 11 is 0. The molecule has 2 N–H and O–H groups in total. The Bertz CT molecular complexity index is 993. The van der Waals surface area contributed by atoms with Gasteiger partial charge in [0.15, 0.2) is 6.04 Å². The van der Waals surface area contributed by atoms with Gasteiger partial charge in [0.05, 0.1) is 0 Å². The first-order valence-electron chi connectivity index (χ1n) is 8.43. The first-order valence-corrected chi connectivity index (χ1v) is 8.43. The van der Waals surface area contributed by atoms with Gasteiger partial charge in [-0.25, -0.2) is 4.68 Å². The van der Waals surface area contributed by atoms with E-state index in [-0.39, 0.29) is 5.91 Å². The summed E-state index contributed by atoms with van der Waals surface area (Å²) in [7, 11) is 0. The zero-order valence-corrected chi connectivity index (χ0v) is 14.0. The van der Waals surface area contributed by atoms with Crippen molar-refractivity contribution >= 4 is 16.8 Å². The number of benzene rings is 2. The molecule has 0 spiro atoms. The topological polar surface area (TPSA) is 88.5 Å². The van der Waals surface area contributed by atoms with Crippen molar-refractivity contribution < 1.29 is 4.79 Å². The van der Waals surface area contributed by atoms with Crippen LogP contribution in [-0.2, 0) is 11.2 Å². The molecule has 0 aliphatic heterocycles. The molecule has 2 aromatic heterocycles. The second-order valence-corrected chi connectivity index (χ2v) is 6.00. The molecule has 4 aromatic rings. The predicted molar refractivity (Wildman–Crippen MR) is 97.4 cm³/mol. The number of H-pyrrole nitrogens is 1. The molecule has 0 saturated carbocycles. The van der Waals surface area contributed by atoms with Crippen molar-refractivity contribution in [3.05, 3.63) is 78.2 Å². The molecule has 130 valence electrons. The van der Waals surface area contributed by atoms with Gasteiger partial charge in [-0.15, -0.1) is 5.10 Å². The lowest BCUT2D eigenvalue weighted by atomic mass is 10.1. The molecule has 4 rings (SSSR count). The highest BCUT2D eigenvalue weighted by Gasteiger charge is 2.23. The van der Waals surface area contributed by atoms with Gasteiger partial charge in [-0.2, -0.15) is 0 Å². The number of nitrogens with one attached hydrogen (secondary N) is 2. The van der Waals surface area contributed by atoms with E-state index in [2.05, 4.69) is 31.9 Å². The number of tetrazole rings is 1. The summed E-state index contributed by atoms with van der Waals surface area (Å²) < 4.78 is 1.47. The van der Waals surface area contributed by atoms with Crippen LogP contribution >= 0.6 is 0 Å². The average Bonchev–Trinajstić information content (AvgIpc) is 3.34. The maximum atomic E-state index is 12.8. The van der Waals surface area contributed by atoms with E-state index in [0.29, 0.717) is 6.54 Å². The van der Waals surface area contributed by atoms with Crippen LogP contribution in [-0.4, -0.2) is 37.6 Å². The van der Waals surface area contributed by atoms with Crippen molar-refractivity contribution in [2.45, 2.75) is 12.5 Å².